The van der Waals surface area contributed by atoms with E-state index in [9.17, 15) is 10.2 Å². The Bertz CT molecular complexity index is 555. The molecule has 0 heterocycles. The van der Waals surface area contributed by atoms with Gasteiger partial charge >= 0.3 is 0 Å². The summed E-state index contributed by atoms with van der Waals surface area (Å²) in [7, 11) is 3.17. The highest BCUT2D eigenvalue weighted by Gasteiger charge is 2.44. The summed E-state index contributed by atoms with van der Waals surface area (Å²) in [6, 6.07) is 14.0. The highest BCUT2D eigenvalue weighted by molar-refractivity contribution is 5.37. The Morgan fingerprint density at radius 2 is 0.909 bits per heavy atom. The van der Waals surface area contributed by atoms with Gasteiger partial charge in [-0.15, -0.1) is 0 Å². The predicted molar refractivity (Wildman–Crippen MR) is 85.1 cm³/mol. The molecule has 0 aromatic heterocycles. The summed E-state index contributed by atoms with van der Waals surface area (Å²) >= 11 is 0. The van der Waals surface area contributed by atoms with E-state index in [4.69, 9.17) is 9.47 Å². The second kappa shape index (κ2) is 5.99. The predicted octanol–water partition coefficient (Wildman–Crippen LogP) is 2.82. The average Bonchev–Trinajstić information content (AvgIpc) is 2.54. The Hall–Kier alpha value is -2.04. The molecule has 2 unspecified atom stereocenters. The standard InChI is InChI=1S/C18H22O4/c1-17(19,13-5-9-15(21-3)10-6-13)18(2,20)14-7-11-16(22-4)12-8-14/h5-12,19-20H,1-4H3. The Kier molecular flexibility index (Phi) is 4.44. The van der Waals surface area contributed by atoms with E-state index in [1.165, 1.54) is 0 Å². The van der Waals surface area contributed by atoms with E-state index in [1.807, 2.05) is 0 Å². The molecule has 2 rings (SSSR count). The summed E-state index contributed by atoms with van der Waals surface area (Å²) in [5, 5.41) is 21.9. The van der Waals surface area contributed by atoms with Crippen LogP contribution in [0.2, 0.25) is 0 Å². The second-order valence-corrected chi connectivity index (χ2v) is 5.60. The van der Waals surface area contributed by atoms with Gasteiger partial charge in [0, 0.05) is 0 Å². The molecular weight excluding hydrogens is 280 g/mol. The summed E-state index contributed by atoms with van der Waals surface area (Å²) in [4.78, 5) is 0. The number of ether oxygens (including phenoxy) is 2. The first-order valence-electron chi connectivity index (χ1n) is 7.06. The van der Waals surface area contributed by atoms with Crippen molar-refractivity contribution in [2.75, 3.05) is 14.2 Å². The average molecular weight is 302 g/mol. The second-order valence-electron chi connectivity index (χ2n) is 5.60. The molecule has 2 N–H and O–H groups in total. The zero-order valence-corrected chi connectivity index (χ0v) is 13.3. The largest absolute Gasteiger partial charge is 0.497 e. The Morgan fingerprint density at radius 3 is 1.14 bits per heavy atom. The first kappa shape index (κ1) is 16.3. The van der Waals surface area contributed by atoms with Gasteiger partial charge in [0.25, 0.3) is 0 Å². The molecular formula is C18H22O4. The van der Waals surface area contributed by atoms with Crippen LogP contribution in [0.5, 0.6) is 11.5 Å². The van der Waals surface area contributed by atoms with Crippen LogP contribution in [-0.2, 0) is 11.2 Å². The van der Waals surface area contributed by atoms with E-state index in [-0.39, 0.29) is 0 Å². The number of rotatable bonds is 5. The number of benzene rings is 2. The topological polar surface area (TPSA) is 58.9 Å². The van der Waals surface area contributed by atoms with Crippen LogP contribution >= 0.6 is 0 Å². The number of methoxy groups -OCH3 is 2. The maximum Gasteiger partial charge on any atom is 0.119 e. The molecule has 0 amide bonds. The van der Waals surface area contributed by atoms with Gasteiger partial charge < -0.3 is 19.7 Å². The van der Waals surface area contributed by atoms with Crippen LogP contribution in [0.4, 0.5) is 0 Å². The maximum absolute atomic E-state index is 10.9. The van der Waals surface area contributed by atoms with E-state index >= 15 is 0 Å². The van der Waals surface area contributed by atoms with Crippen molar-refractivity contribution in [2.24, 2.45) is 0 Å². The van der Waals surface area contributed by atoms with Gasteiger partial charge in [-0.3, -0.25) is 0 Å². The van der Waals surface area contributed by atoms with Gasteiger partial charge in [0.1, 0.15) is 22.7 Å². The first-order chi connectivity index (χ1) is 10.3. The van der Waals surface area contributed by atoms with Crippen molar-refractivity contribution in [2.45, 2.75) is 25.0 Å². The van der Waals surface area contributed by atoms with Crippen LogP contribution in [-0.4, -0.2) is 24.4 Å². The lowest BCUT2D eigenvalue weighted by atomic mass is 9.76. The van der Waals surface area contributed by atoms with Crippen molar-refractivity contribution in [3.05, 3.63) is 59.7 Å². The van der Waals surface area contributed by atoms with Gasteiger partial charge in [0.2, 0.25) is 0 Å². The Labute approximate surface area is 130 Å². The van der Waals surface area contributed by atoms with Gasteiger partial charge in [-0.05, 0) is 49.2 Å². The molecule has 0 saturated heterocycles. The fourth-order valence-corrected chi connectivity index (χ4v) is 2.39. The molecule has 0 fully saturated rings. The van der Waals surface area contributed by atoms with Crippen LogP contribution in [0.1, 0.15) is 25.0 Å². The van der Waals surface area contributed by atoms with E-state index in [2.05, 4.69) is 0 Å². The van der Waals surface area contributed by atoms with Crippen molar-refractivity contribution in [3.8, 4) is 11.5 Å². The number of aliphatic hydroxyl groups is 2. The van der Waals surface area contributed by atoms with Gasteiger partial charge in [-0.2, -0.15) is 0 Å². The quantitative estimate of drug-likeness (QED) is 0.891. The van der Waals surface area contributed by atoms with Crippen LogP contribution in [0.15, 0.2) is 48.5 Å². The maximum atomic E-state index is 10.9. The molecule has 22 heavy (non-hydrogen) atoms. The molecule has 2 atom stereocenters. The molecule has 0 aliphatic heterocycles. The summed E-state index contributed by atoms with van der Waals surface area (Å²) < 4.78 is 10.2. The fraction of sp³-hybridized carbons (Fsp3) is 0.333. The molecule has 4 heteroatoms. The third-order valence-corrected chi connectivity index (χ3v) is 4.25. The van der Waals surface area contributed by atoms with Crippen molar-refractivity contribution >= 4 is 0 Å². The normalized spacial score (nSPS) is 16.5. The fourth-order valence-electron chi connectivity index (χ4n) is 2.39. The lowest BCUT2D eigenvalue weighted by Crippen LogP contribution is -2.45. The number of hydrogen-bond donors (Lipinski definition) is 2. The molecule has 2 aromatic rings. The highest BCUT2D eigenvalue weighted by atomic mass is 16.5. The van der Waals surface area contributed by atoms with Gasteiger partial charge in [0.05, 0.1) is 14.2 Å². The molecule has 0 radical (unpaired) electrons. The van der Waals surface area contributed by atoms with Crippen molar-refractivity contribution in [1.82, 2.24) is 0 Å². The van der Waals surface area contributed by atoms with Crippen LogP contribution in [0.3, 0.4) is 0 Å². The van der Waals surface area contributed by atoms with Crippen LogP contribution in [0, 0.1) is 0 Å². The summed E-state index contributed by atoms with van der Waals surface area (Å²) in [6.45, 7) is 3.19. The number of hydrogen-bond acceptors (Lipinski definition) is 4. The minimum Gasteiger partial charge on any atom is -0.497 e. The SMILES string of the molecule is COc1ccc(C(C)(O)C(C)(O)c2ccc(OC)cc2)cc1. The van der Waals surface area contributed by atoms with E-state index in [1.54, 1.807) is 76.6 Å². The van der Waals surface area contributed by atoms with Crippen molar-refractivity contribution < 1.29 is 19.7 Å². The molecule has 0 spiro atoms. The van der Waals surface area contributed by atoms with Crippen molar-refractivity contribution in [3.63, 3.8) is 0 Å². The van der Waals surface area contributed by atoms with Gasteiger partial charge in [0.15, 0.2) is 0 Å². The van der Waals surface area contributed by atoms with Gasteiger partial charge in [-0.25, -0.2) is 0 Å². The molecule has 0 aliphatic rings. The molecule has 0 bridgehead atoms. The Morgan fingerprint density at radius 1 is 0.636 bits per heavy atom. The molecule has 0 aliphatic carbocycles. The molecule has 118 valence electrons. The lowest BCUT2D eigenvalue weighted by Gasteiger charge is -2.39. The zero-order chi connectivity index (χ0) is 16.4. The lowest BCUT2D eigenvalue weighted by molar-refractivity contribution is -0.143. The smallest absolute Gasteiger partial charge is 0.119 e. The van der Waals surface area contributed by atoms with Crippen LogP contribution in [0.25, 0.3) is 0 Å². The van der Waals surface area contributed by atoms with E-state index in [0.29, 0.717) is 22.6 Å². The third kappa shape index (κ3) is 2.80. The van der Waals surface area contributed by atoms with Gasteiger partial charge in [-0.1, -0.05) is 24.3 Å². The van der Waals surface area contributed by atoms with Crippen molar-refractivity contribution in [1.29, 1.82) is 0 Å². The summed E-state index contributed by atoms with van der Waals surface area (Å²) in [6.07, 6.45) is 0. The minimum atomic E-state index is -1.46. The molecule has 0 saturated carbocycles. The van der Waals surface area contributed by atoms with E-state index in [0.717, 1.165) is 0 Å². The Balaban J connectivity index is 2.39. The van der Waals surface area contributed by atoms with Crippen LogP contribution < -0.4 is 9.47 Å². The first-order valence-corrected chi connectivity index (χ1v) is 7.06. The third-order valence-electron chi connectivity index (χ3n) is 4.25. The van der Waals surface area contributed by atoms with E-state index < -0.39 is 11.2 Å². The summed E-state index contributed by atoms with van der Waals surface area (Å²) in [5.41, 5.74) is -1.72. The monoisotopic (exact) mass is 302 g/mol. The summed E-state index contributed by atoms with van der Waals surface area (Å²) in [5.74, 6) is 1.40. The molecule has 4 nitrogen and oxygen atoms in total. The molecule has 2 aromatic carbocycles. The zero-order valence-electron chi connectivity index (χ0n) is 13.3. The minimum absolute atomic E-state index is 0.606. The highest BCUT2D eigenvalue weighted by Crippen LogP contribution is 2.40.